The molecule has 5 heteroatoms. The molecular formula is C12H15ClO3S. The normalized spacial score (nSPS) is 16.0. The SMILES string of the molecule is COC(=O)C(C)C(C)S(=O)c1cccc(Cl)c1. The predicted molar refractivity (Wildman–Crippen MR) is 68.5 cm³/mol. The molecule has 0 radical (unpaired) electrons. The summed E-state index contributed by atoms with van der Waals surface area (Å²) >= 11 is 5.84. The van der Waals surface area contributed by atoms with Crippen molar-refractivity contribution >= 4 is 28.4 Å². The van der Waals surface area contributed by atoms with E-state index in [4.69, 9.17) is 11.6 Å². The average Bonchev–Trinajstić information content (AvgIpc) is 2.35. The fourth-order valence-electron chi connectivity index (χ4n) is 1.37. The lowest BCUT2D eigenvalue weighted by atomic mass is 10.1. The molecule has 1 rings (SSSR count). The smallest absolute Gasteiger partial charge is 0.309 e. The van der Waals surface area contributed by atoms with Crippen molar-refractivity contribution in [3.05, 3.63) is 29.3 Å². The van der Waals surface area contributed by atoms with Gasteiger partial charge in [-0.15, -0.1) is 0 Å². The summed E-state index contributed by atoms with van der Waals surface area (Å²) in [6.45, 7) is 3.47. The van der Waals surface area contributed by atoms with Crippen LogP contribution in [-0.2, 0) is 20.3 Å². The van der Waals surface area contributed by atoms with Crippen molar-refractivity contribution in [3.63, 3.8) is 0 Å². The van der Waals surface area contributed by atoms with Gasteiger partial charge in [-0.2, -0.15) is 0 Å². The lowest BCUT2D eigenvalue weighted by Crippen LogP contribution is -2.28. The standard InChI is InChI=1S/C12H15ClO3S/c1-8(12(14)16-3)9(2)17(15)11-6-4-5-10(13)7-11/h4-9H,1-3H3. The van der Waals surface area contributed by atoms with Crippen LogP contribution >= 0.6 is 11.6 Å². The van der Waals surface area contributed by atoms with E-state index in [1.54, 1.807) is 38.1 Å². The Balaban J connectivity index is 2.86. The van der Waals surface area contributed by atoms with Gasteiger partial charge >= 0.3 is 5.97 Å². The van der Waals surface area contributed by atoms with E-state index in [0.29, 0.717) is 9.92 Å². The van der Waals surface area contributed by atoms with Gasteiger partial charge in [-0.05, 0) is 25.1 Å². The van der Waals surface area contributed by atoms with Crippen molar-refractivity contribution in [2.75, 3.05) is 7.11 Å². The minimum absolute atomic E-state index is 0.319. The van der Waals surface area contributed by atoms with Crippen LogP contribution in [0, 0.1) is 5.92 Å². The number of ether oxygens (including phenoxy) is 1. The molecule has 0 aliphatic rings. The number of esters is 1. The molecule has 17 heavy (non-hydrogen) atoms. The molecule has 3 atom stereocenters. The molecule has 0 bridgehead atoms. The molecule has 0 aliphatic heterocycles. The van der Waals surface area contributed by atoms with Gasteiger partial charge in [0, 0.05) is 15.2 Å². The third-order valence-electron chi connectivity index (χ3n) is 2.64. The second-order valence-corrected chi connectivity index (χ2v) is 6.02. The van der Waals surface area contributed by atoms with Crippen molar-refractivity contribution in [2.24, 2.45) is 5.92 Å². The summed E-state index contributed by atoms with van der Waals surface area (Å²) in [5.41, 5.74) is 0. The fourth-order valence-corrected chi connectivity index (χ4v) is 2.99. The van der Waals surface area contributed by atoms with Gasteiger partial charge in [0.15, 0.2) is 0 Å². The molecule has 0 aromatic heterocycles. The summed E-state index contributed by atoms with van der Waals surface area (Å²) in [4.78, 5) is 12.0. The molecule has 1 aromatic carbocycles. The van der Waals surface area contributed by atoms with Crippen LogP contribution in [0.1, 0.15) is 13.8 Å². The van der Waals surface area contributed by atoms with Gasteiger partial charge in [0.1, 0.15) is 0 Å². The van der Waals surface area contributed by atoms with Crippen molar-refractivity contribution in [1.29, 1.82) is 0 Å². The van der Waals surface area contributed by atoms with Gasteiger partial charge in [-0.1, -0.05) is 24.6 Å². The third-order valence-corrected chi connectivity index (χ3v) is 4.68. The van der Waals surface area contributed by atoms with E-state index in [1.807, 2.05) is 0 Å². The number of rotatable bonds is 4. The van der Waals surface area contributed by atoms with Gasteiger partial charge in [0.25, 0.3) is 0 Å². The zero-order valence-electron chi connectivity index (χ0n) is 9.98. The molecule has 0 aliphatic carbocycles. The Kier molecular flexibility index (Phi) is 5.15. The Bertz CT molecular complexity index is 434. The van der Waals surface area contributed by atoms with Crippen LogP contribution in [0.15, 0.2) is 29.2 Å². The van der Waals surface area contributed by atoms with Gasteiger partial charge < -0.3 is 4.74 Å². The maximum Gasteiger partial charge on any atom is 0.309 e. The number of hydrogen-bond acceptors (Lipinski definition) is 3. The zero-order chi connectivity index (χ0) is 13.0. The van der Waals surface area contributed by atoms with Crippen LogP contribution in [0.4, 0.5) is 0 Å². The average molecular weight is 275 g/mol. The van der Waals surface area contributed by atoms with Crippen LogP contribution < -0.4 is 0 Å². The number of hydrogen-bond donors (Lipinski definition) is 0. The van der Waals surface area contributed by atoms with E-state index in [0.717, 1.165) is 0 Å². The highest BCUT2D eigenvalue weighted by atomic mass is 35.5. The predicted octanol–water partition coefficient (Wildman–Crippen LogP) is 2.65. The Morgan fingerprint density at radius 3 is 2.59 bits per heavy atom. The van der Waals surface area contributed by atoms with Gasteiger partial charge in [0.05, 0.1) is 23.8 Å². The van der Waals surface area contributed by atoms with E-state index >= 15 is 0 Å². The van der Waals surface area contributed by atoms with Crippen molar-refractivity contribution in [2.45, 2.75) is 24.0 Å². The summed E-state index contributed by atoms with van der Waals surface area (Å²) in [5, 5.41) is 0.217. The Labute approximate surface area is 109 Å². The monoisotopic (exact) mass is 274 g/mol. The van der Waals surface area contributed by atoms with Crippen LogP contribution in [0.25, 0.3) is 0 Å². The minimum Gasteiger partial charge on any atom is -0.469 e. The molecule has 0 heterocycles. The van der Waals surface area contributed by atoms with Crippen LogP contribution in [0.3, 0.4) is 0 Å². The third kappa shape index (κ3) is 3.54. The molecule has 1 aromatic rings. The number of carbonyl (C=O) groups excluding carboxylic acids is 1. The molecule has 94 valence electrons. The van der Waals surface area contributed by atoms with E-state index in [9.17, 15) is 9.00 Å². The van der Waals surface area contributed by atoms with Crippen LogP contribution in [0.5, 0.6) is 0 Å². The number of methoxy groups -OCH3 is 1. The first-order valence-corrected chi connectivity index (χ1v) is 6.80. The van der Waals surface area contributed by atoms with Crippen molar-refractivity contribution in [1.82, 2.24) is 0 Å². The van der Waals surface area contributed by atoms with Gasteiger partial charge in [-0.25, -0.2) is 0 Å². The highest BCUT2D eigenvalue weighted by Crippen LogP contribution is 2.21. The fraction of sp³-hybridized carbons (Fsp3) is 0.417. The molecule has 3 nitrogen and oxygen atoms in total. The molecule has 0 spiro atoms. The lowest BCUT2D eigenvalue weighted by molar-refractivity contribution is -0.144. The largest absolute Gasteiger partial charge is 0.469 e. The van der Waals surface area contributed by atoms with Gasteiger partial charge in [0.2, 0.25) is 0 Å². The number of carbonyl (C=O) groups is 1. The maximum absolute atomic E-state index is 12.2. The highest BCUT2D eigenvalue weighted by Gasteiger charge is 2.26. The molecule has 0 amide bonds. The summed E-state index contributed by atoms with van der Waals surface area (Å²) in [5.74, 6) is -0.771. The second kappa shape index (κ2) is 6.17. The van der Waals surface area contributed by atoms with Crippen molar-refractivity contribution in [3.8, 4) is 0 Å². The van der Waals surface area contributed by atoms with E-state index in [2.05, 4.69) is 4.74 Å². The van der Waals surface area contributed by atoms with E-state index < -0.39 is 16.7 Å². The highest BCUT2D eigenvalue weighted by molar-refractivity contribution is 7.85. The van der Waals surface area contributed by atoms with Crippen molar-refractivity contribution < 1.29 is 13.7 Å². The number of halogens is 1. The first kappa shape index (κ1) is 14.2. The summed E-state index contributed by atoms with van der Waals surface area (Å²) in [6, 6.07) is 6.85. The molecule has 0 N–H and O–H groups in total. The molecule has 0 fully saturated rings. The summed E-state index contributed by atoms with van der Waals surface area (Å²) in [7, 11) is 0.0513. The van der Waals surface area contributed by atoms with E-state index in [-0.39, 0.29) is 11.2 Å². The second-order valence-electron chi connectivity index (χ2n) is 3.77. The summed E-state index contributed by atoms with van der Waals surface area (Å²) < 4.78 is 16.8. The van der Waals surface area contributed by atoms with E-state index in [1.165, 1.54) is 7.11 Å². The van der Waals surface area contributed by atoms with Gasteiger partial charge in [-0.3, -0.25) is 9.00 Å². The Hall–Kier alpha value is -0.870. The first-order chi connectivity index (χ1) is 7.97. The Morgan fingerprint density at radius 1 is 1.41 bits per heavy atom. The maximum atomic E-state index is 12.2. The zero-order valence-corrected chi connectivity index (χ0v) is 11.5. The minimum atomic E-state index is -1.28. The molecule has 0 saturated heterocycles. The quantitative estimate of drug-likeness (QED) is 0.793. The van der Waals surface area contributed by atoms with Crippen LogP contribution in [-0.4, -0.2) is 22.5 Å². The molecular weight excluding hydrogens is 260 g/mol. The Morgan fingerprint density at radius 2 is 2.06 bits per heavy atom. The number of benzene rings is 1. The van der Waals surface area contributed by atoms with Crippen LogP contribution in [0.2, 0.25) is 5.02 Å². The molecule has 0 saturated carbocycles. The summed E-state index contributed by atoms with van der Waals surface area (Å²) in [6.07, 6.45) is 0. The topological polar surface area (TPSA) is 43.4 Å². The first-order valence-electron chi connectivity index (χ1n) is 5.21. The lowest BCUT2D eigenvalue weighted by Gasteiger charge is -2.17. The molecule has 3 unspecified atom stereocenters.